The molecular formula is C11H7NOS2. The molecule has 2 heterocycles. The molecule has 1 aromatic heterocycles. The average Bonchev–Trinajstić information content (AvgIpc) is 2.69. The average molecular weight is 233 g/mol. The fraction of sp³-hybridized carbons (Fsp3) is 0. The van der Waals surface area contributed by atoms with Crippen molar-refractivity contribution in [1.82, 2.24) is 0 Å². The Bertz CT molecular complexity index is 533. The molecule has 1 atom stereocenters. The van der Waals surface area contributed by atoms with Crippen LogP contribution >= 0.6 is 11.3 Å². The molecule has 1 aliphatic heterocycles. The predicted molar refractivity (Wildman–Crippen MR) is 62.7 cm³/mol. The summed E-state index contributed by atoms with van der Waals surface area (Å²) >= 11 is 0.468. The third kappa shape index (κ3) is 1.42. The lowest BCUT2D eigenvalue weighted by molar-refractivity contribution is 0.596. The van der Waals surface area contributed by atoms with E-state index >= 15 is 0 Å². The van der Waals surface area contributed by atoms with Gasteiger partial charge in [-0.05, 0) is 12.1 Å². The Labute approximate surface area is 94.5 Å². The van der Waals surface area contributed by atoms with Crippen LogP contribution in [0.15, 0.2) is 49.8 Å². The molecule has 1 unspecified atom stereocenters. The highest BCUT2D eigenvalue weighted by molar-refractivity contribution is 7.91. The number of aliphatic imine (C=N–C) groups is 1. The summed E-state index contributed by atoms with van der Waals surface area (Å²) in [5.41, 5.74) is 1.77. The van der Waals surface area contributed by atoms with Gasteiger partial charge in [-0.25, -0.2) is 0 Å². The Morgan fingerprint density at radius 1 is 1.13 bits per heavy atom. The van der Waals surface area contributed by atoms with Gasteiger partial charge < -0.3 is 4.55 Å². The van der Waals surface area contributed by atoms with E-state index in [0.29, 0.717) is 0 Å². The highest BCUT2D eigenvalue weighted by Crippen LogP contribution is 2.34. The van der Waals surface area contributed by atoms with E-state index in [-0.39, 0.29) is 0 Å². The normalized spacial score (nSPS) is 18.1. The zero-order chi connectivity index (χ0) is 10.3. The van der Waals surface area contributed by atoms with Crippen molar-refractivity contribution in [2.24, 2.45) is 4.99 Å². The van der Waals surface area contributed by atoms with Crippen LogP contribution in [0, 0.1) is 0 Å². The van der Waals surface area contributed by atoms with E-state index in [4.69, 9.17) is 0 Å². The first-order valence-corrected chi connectivity index (χ1v) is 6.56. The van der Waals surface area contributed by atoms with Crippen LogP contribution in [0.2, 0.25) is 0 Å². The monoisotopic (exact) mass is 233 g/mol. The Kier molecular flexibility index (Phi) is 2.12. The molecule has 0 fully saturated rings. The maximum atomic E-state index is 12.2. The van der Waals surface area contributed by atoms with Gasteiger partial charge in [0.1, 0.15) is 5.69 Å². The molecule has 0 N–H and O–H groups in total. The number of benzene rings is 1. The van der Waals surface area contributed by atoms with Gasteiger partial charge in [-0.15, -0.1) is 11.3 Å². The largest absolute Gasteiger partial charge is 0.606 e. The topological polar surface area (TPSA) is 35.4 Å². The lowest BCUT2D eigenvalue weighted by atomic mass is 10.3. The second-order valence-electron chi connectivity index (χ2n) is 3.19. The molecule has 0 aliphatic carbocycles. The van der Waals surface area contributed by atoms with E-state index in [0.717, 1.165) is 21.0 Å². The predicted octanol–water partition coefficient (Wildman–Crippen LogP) is 2.98. The van der Waals surface area contributed by atoms with Crippen molar-refractivity contribution in [3.63, 3.8) is 0 Å². The van der Waals surface area contributed by atoms with Gasteiger partial charge in [0.15, 0.2) is 9.79 Å². The van der Waals surface area contributed by atoms with Crippen molar-refractivity contribution in [3.8, 4) is 0 Å². The molecule has 15 heavy (non-hydrogen) atoms. The Balaban J connectivity index is 2.26. The maximum Gasteiger partial charge on any atom is 0.184 e. The van der Waals surface area contributed by atoms with E-state index in [2.05, 4.69) is 4.99 Å². The lowest BCUT2D eigenvalue weighted by Crippen LogP contribution is -2.01. The van der Waals surface area contributed by atoms with Crippen molar-refractivity contribution in [3.05, 3.63) is 40.6 Å². The first kappa shape index (κ1) is 9.15. The molecule has 3 rings (SSSR count). The molecule has 0 bridgehead atoms. The summed E-state index contributed by atoms with van der Waals surface area (Å²) in [5, 5.41) is 3.90. The fourth-order valence-corrected chi connectivity index (χ4v) is 3.85. The summed E-state index contributed by atoms with van der Waals surface area (Å²) in [6.07, 6.45) is 1.79. The Hall–Kier alpha value is -1.10. The summed E-state index contributed by atoms with van der Waals surface area (Å²) in [6.45, 7) is 0. The summed E-state index contributed by atoms with van der Waals surface area (Å²) in [7, 11) is 0. The summed E-state index contributed by atoms with van der Waals surface area (Å²) in [6, 6.07) is 7.56. The first-order valence-electron chi connectivity index (χ1n) is 4.47. The van der Waals surface area contributed by atoms with Gasteiger partial charge >= 0.3 is 0 Å². The standard InChI is InChI=1S/C11H7NOS2/c13-15-10-4-2-1-3-9(10)12-5-8-6-14-7-11(8)15/h1-7H. The molecule has 0 radical (unpaired) electrons. The van der Waals surface area contributed by atoms with Crippen molar-refractivity contribution >= 4 is 34.4 Å². The summed E-state index contributed by atoms with van der Waals surface area (Å²) in [5.74, 6) is 0. The van der Waals surface area contributed by atoms with Gasteiger partial charge in [0.25, 0.3) is 0 Å². The van der Waals surface area contributed by atoms with Crippen LogP contribution in [-0.4, -0.2) is 10.8 Å². The summed E-state index contributed by atoms with van der Waals surface area (Å²) < 4.78 is 12.2. The molecule has 2 aromatic rings. The smallest absolute Gasteiger partial charge is 0.184 e. The molecule has 4 heteroatoms. The van der Waals surface area contributed by atoms with Crippen LogP contribution in [0.25, 0.3) is 0 Å². The van der Waals surface area contributed by atoms with Crippen LogP contribution < -0.4 is 0 Å². The van der Waals surface area contributed by atoms with Crippen molar-refractivity contribution in [2.75, 3.05) is 0 Å². The van der Waals surface area contributed by atoms with Gasteiger partial charge in [-0.2, -0.15) is 0 Å². The fourth-order valence-electron chi connectivity index (χ4n) is 1.52. The molecule has 1 aromatic carbocycles. The highest BCUT2D eigenvalue weighted by atomic mass is 32.2. The summed E-state index contributed by atoms with van der Waals surface area (Å²) in [4.78, 5) is 6.01. The third-order valence-corrected chi connectivity index (χ3v) is 4.67. The second-order valence-corrected chi connectivity index (χ2v) is 5.35. The molecular weight excluding hydrogens is 226 g/mol. The molecule has 0 saturated heterocycles. The number of hydrogen-bond donors (Lipinski definition) is 0. The molecule has 1 aliphatic rings. The minimum absolute atomic E-state index is 0.797. The minimum Gasteiger partial charge on any atom is -0.606 e. The zero-order valence-electron chi connectivity index (χ0n) is 7.71. The van der Waals surface area contributed by atoms with Crippen LogP contribution in [0.3, 0.4) is 0 Å². The van der Waals surface area contributed by atoms with Crippen LogP contribution in [-0.2, 0) is 11.2 Å². The Morgan fingerprint density at radius 3 is 2.93 bits per heavy atom. The van der Waals surface area contributed by atoms with E-state index in [9.17, 15) is 4.55 Å². The van der Waals surface area contributed by atoms with Crippen molar-refractivity contribution in [1.29, 1.82) is 0 Å². The van der Waals surface area contributed by atoms with E-state index in [1.807, 2.05) is 35.0 Å². The number of hydrogen-bond acceptors (Lipinski definition) is 3. The van der Waals surface area contributed by atoms with Crippen molar-refractivity contribution in [2.45, 2.75) is 9.79 Å². The van der Waals surface area contributed by atoms with E-state index < -0.39 is 11.2 Å². The van der Waals surface area contributed by atoms with Gasteiger partial charge in [0.2, 0.25) is 0 Å². The third-order valence-electron chi connectivity index (χ3n) is 2.26. The molecule has 0 spiro atoms. The van der Waals surface area contributed by atoms with E-state index in [1.54, 1.807) is 17.6 Å². The van der Waals surface area contributed by atoms with Crippen molar-refractivity contribution < 1.29 is 4.55 Å². The number of nitrogens with zero attached hydrogens (tertiary/aromatic N) is 1. The quantitative estimate of drug-likeness (QED) is 0.644. The number of fused-ring (bicyclic) bond motifs is 2. The van der Waals surface area contributed by atoms with Gasteiger partial charge in [-0.3, -0.25) is 4.99 Å². The SMILES string of the molecule is [O-][S+]1c2cscc2C=Nc2ccccc21. The first-order chi connectivity index (χ1) is 7.36. The molecule has 0 amide bonds. The van der Waals surface area contributed by atoms with Gasteiger partial charge in [-0.1, -0.05) is 12.1 Å². The van der Waals surface area contributed by atoms with Gasteiger partial charge in [0, 0.05) is 28.2 Å². The maximum absolute atomic E-state index is 12.2. The molecule has 0 saturated carbocycles. The number of rotatable bonds is 0. The van der Waals surface area contributed by atoms with Crippen LogP contribution in [0.4, 0.5) is 5.69 Å². The number of para-hydroxylation sites is 1. The molecule has 2 nitrogen and oxygen atoms in total. The Morgan fingerprint density at radius 2 is 2.00 bits per heavy atom. The van der Waals surface area contributed by atoms with Crippen LogP contribution in [0.1, 0.15) is 5.56 Å². The minimum atomic E-state index is -1.09. The zero-order valence-corrected chi connectivity index (χ0v) is 9.35. The van der Waals surface area contributed by atoms with Crippen LogP contribution in [0.5, 0.6) is 0 Å². The van der Waals surface area contributed by atoms with Gasteiger partial charge in [0.05, 0.1) is 5.56 Å². The highest BCUT2D eigenvalue weighted by Gasteiger charge is 2.24. The molecule has 74 valence electrons. The lowest BCUT2D eigenvalue weighted by Gasteiger charge is -2.08. The van der Waals surface area contributed by atoms with E-state index in [1.165, 1.54) is 0 Å². The number of thiophene rings is 1. The second kappa shape index (κ2) is 3.48.